The number of hydrogen-bond donors (Lipinski definition) is 0. The zero-order chi connectivity index (χ0) is 19.1. The summed E-state index contributed by atoms with van der Waals surface area (Å²) in [6.45, 7) is -0.165. The van der Waals surface area contributed by atoms with Gasteiger partial charge in [-0.3, -0.25) is 9.69 Å². The molecule has 1 amide bonds. The third kappa shape index (κ3) is 5.45. The lowest BCUT2D eigenvalue weighted by atomic mass is 9.89. The largest absolute Gasteiger partial charge is 0.472 e. The lowest BCUT2D eigenvalue weighted by Gasteiger charge is -2.29. The van der Waals surface area contributed by atoms with Crippen molar-refractivity contribution in [2.45, 2.75) is 38.5 Å². The highest BCUT2D eigenvalue weighted by atomic mass is 19.3. The van der Waals surface area contributed by atoms with E-state index in [9.17, 15) is 13.6 Å². The van der Waals surface area contributed by atoms with Gasteiger partial charge in [0.15, 0.2) is 6.61 Å². The molecule has 1 fully saturated rings. The summed E-state index contributed by atoms with van der Waals surface area (Å²) in [6.07, 6.45) is 6.23. The van der Waals surface area contributed by atoms with Crippen molar-refractivity contribution in [1.29, 1.82) is 0 Å². The Balaban J connectivity index is 1.80. The first-order valence-corrected chi connectivity index (χ1v) is 9.23. The molecule has 1 aliphatic carbocycles. The number of alkyl halides is 2. The molecule has 27 heavy (non-hydrogen) atoms. The van der Waals surface area contributed by atoms with Crippen molar-refractivity contribution in [3.05, 3.63) is 48.3 Å². The Hall–Kier alpha value is -2.57. The molecule has 7 heteroatoms. The van der Waals surface area contributed by atoms with Gasteiger partial charge < -0.3 is 4.74 Å². The molecule has 5 nitrogen and oxygen atoms in total. The van der Waals surface area contributed by atoms with E-state index in [1.807, 2.05) is 6.07 Å². The molecule has 1 saturated carbocycles. The Morgan fingerprint density at radius 1 is 1.15 bits per heavy atom. The lowest BCUT2D eigenvalue weighted by molar-refractivity contribution is 0.0795. The first-order valence-electron chi connectivity index (χ1n) is 9.23. The summed E-state index contributed by atoms with van der Waals surface area (Å²) in [4.78, 5) is 23.1. The van der Waals surface area contributed by atoms with E-state index < -0.39 is 13.0 Å². The second-order valence-electron chi connectivity index (χ2n) is 6.69. The molecule has 0 bridgehead atoms. The molecule has 0 aliphatic heterocycles. The Labute approximate surface area is 157 Å². The van der Waals surface area contributed by atoms with Gasteiger partial charge in [-0.1, -0.05) is 25.3 Å². The van der Waals surface area contributed by atoms with E-state index in [0.29, 0.717) is 23.8 Å². The number of nitrogens with zero attached hydrogens (tertiary/aromatic N) is 3. The van der Waals surface area contributed by atoms with Crippen molar-refractivity contribution in [2.75, 3.05) is 18.1 Å². The Morgan fingerprint density at radius 3 is 2.67 bits per heavy atom. The van der Waals surface area contributed by atoms with E-state index >= 15 is 0 Å². The monoisotopic (exact) mass is 375 g/mol. The van der Waals surface area contributed by atoms with E-state index in [2.05, 4.69) is 9.97 Å². The van der Waals surface area contributed by atoms with Crippen LogP contribution >= 0.6 is 0 Å². The summed E-state index contributed by atoms with van der Waals surface area (Å²) in [7, 11) is 0. The lowest BCUT2D eigenvalue weighted by Crippen LogP contribution is -2.36. The van der Waals surface area contributed by atoms with Gasteiger partial charge in [0, 0.05) is 30.6 Å². The predicted molar refractivity (Wildman–Crippen MR) is 98.2 cm³/mol. The SMILES string of the molecule is O=C(c1ccnc(OCC(F)F)c1)N(CC1CCCCC1)c1ccccn1. The summed E-state index contributed by atoms with van der Waals surface area (Å²) in [6, 6.07) is 8.41. The number of amides is 1. The predicted octanol–water partition coefficient (Wildman–Crippen LogP) is 4.35. The zero-order valence-corrected chi connectivity index (χ0v) is 15.1. The smallest absolute Gasteiger partial charge is 0.272 e. The van der Waals surface area contributed by atoms with Crippen molar-refractivity contribution in [3.63, 3.8) is 0 Å². The third-order valence-electron chi connectivity index (χ3n) is 4.68. The van der Waals surface area contributed by atoms with Gasteiger partial charge in [0.05, 0.1) is 0 Å². The van der Waals surface area contributed by atoms with Crippen LogP contribution in [0.3, 0.4) is 0 Å². The number of carbonyl (C=O) groups excluding carboxylic acids is 1. The first kappa shape index (κ1) is 19.2. The zero-order valence-electron chi connectivity index (χ0n) is 15.1. The van der Waals surface area contributed by atoms with Gasteiger partial charge in [0.2, 0.25) is 5.88 Å². The molecule has 3 rings (SSSR count). The molecular weight excluding hydrogens is 352 g/mol. The molecule has 0 aromatic carbocycles. The van der Waals surface area contributed by atoms with Gasteiger partial charge in [-0.25, -0.2) is 18.7 Å². The topological polar surface area (TPSA) is 55.3 Å². The maximum atomic E-state index is 13.2. The van der Waals surface area contributed by atoms with Gasteiger partial charge in [0.25, 0.3) is 12.3 Å². The first-order chi connectivity index (χ1) is 13.1. The molecule has 0 spiro atoms. The van der Waals surface area contributed by atoms with Crippen molar-refractivity contribution < 1.29 is 18.3 Å². The van der Waals surface area contributed by atoms with Crippen LogP contribution in [0.1, 0.15) is 42.5 Å². The number of anilines is 1. The highest BCUT2D eigenvalue weighted by Gasteiger charge is 2.24. The van der Waals surface area contributed by atoms with E-state index in [4.69, 9.17) is 4.74 Å². The van der Waals surface area contributed by atoms with Crippen LogP contribution in [0.2, 0.25) is 0 Å². The van der Waals surface area contributed by atoms with E-state index in [0.717, 1.165) is 12.8 Å². The fourth-order valence-electron chi connectivity index (χ4n) is 3.35. The number of rotatable bonds is 7. The van der Waals surface area contributed by atoms with Crippen LogP contribution in [0.5, 0.6) is 5.88 Å². The van der Waals surface area contributed by atoms with Crippen molar-refractivity contribution in [3.8, 4) is 5.88 Å². The Morgan fingerprint density at radius 2 is 1.96 bits per heavy atom. The fourth-order valence-corrected chi connectivity index (χ4v) is 3.35. The van der Waals surface area contributed by atoms with Gasteiger partial charge in [-0.2, -0.15) is 0 Å². The molecule has 2 aromatic rings. The molecule has 0 unspecified atom stereocenters. The number of halogens is 2. The summed E-state index contributed by atoms with van der Waals surface area (Å²) in [5.41, 5.74) is 0.343. The Kier molecular flexibility index (Phi) is 6.68. The van der Waals surface area contributed by atoms with Crippen molar-refractivity contribution in [1.82, 2.24) is 9.97 Å². The molecule has 0 saturated heterocycles. The average Bonchev–Trinajstić information content (AvgIpc) is 2.71. The minimum absolute atomic E-state index is 0.0137. The number of ether oxygens (including phenoxy) is 1. The highest BCUT2D eigenvalue weighted by Crippen LogP contribution is 2.27. The van der Waals surface area contributed by atoms with Gasteiger partial charge >= 0.3 is 0 Å². The van der Waals surface area contributed by atoms with Crippen molar-refractivity contribution >= 4 is 11.7 Å². The number of hydrogen-bond acceptors (Lipinski definition) is 4. The van der Waals surface area contributed by atoms with Crippen LogP contribution in [0.25, 0.3) is 0 Å². The van der Waals surface area contributed by atoms with E-state index in [1.165, 1.54) is 31.5 Å². The van der Waals surface area contributed by atoms with Crippen molar-refractivity contribution in [2.24, 2.45) is 5.92 Å². The molecule has 2 heterocycles. The maximum absolute atomic E-state index is 13.2. The standard InChI is InChI=1S/C20H23F2N3O2/c21-17(22)14-27-19-12-16(9-11-24-19)20(26)25(18-8-4-5-10-23-18)13-15-6-2-1-3-7-15/h4-5,8-12,15,17H,1-3,6-7,13-14H2. The van der Waals surface area contributed by atoms with Crippen LogP contribution < -0.4 is 9.64 Å². The number of carbonyl (C=O) groups is 1. The number of pyridine rings is 2. The molecule has 1 aliphatic rings. The average molecular weight is 375 g/mol. The maximum Gasteiger partial charge on any atom is 0.272 e. The second kappa shape index (κ2) is 9.39. The van der Waals surface area contributed by atoms with E-state index in [1.54, 1.807) is 29.3 Å². The molecule has 2 aromatic heterocycles. The van der Waals surface area contributed by atoms with Gasteiger partial charge in [-0.15, -0.1) is 0 Å². The summed E-state index contributed by atoms with van der Waals surface area (Å²) < 4.78 is 29.7. The van der Waals surface area contributed by atoms with Crippen LogP contribution in [-0.4, -0.2) is 35.5 Å². The van der Waals surface area contributed by atoms with Gasteiger partial charge in [0.1, 0.15) is 5.82 Å². The molecule has 0 atom stereocenters. The quantitative estimate of drug-likeness (QED) is 0.722. The Bertz CT molecular complexity index is 737. The van der Waals surface area contributed by atoms with Gasteiger partial charge in [-0.05, 0) is 37.0 Å². The summed E-state index contributed by atoms with van der Waals surface area (Å²) >= 11 is 0. The van der Waals surface area contributed by atoms with Crippen LogP contribution in [0.15, 0.2) is 42.7 Å². The molecular formula is C20H23F2N3O2. The second-order valence-corrected chi connectivity index (χ2v) is 6.69. The summed E-state index contributed by atoms with van der Waals surface area (Å²) in [5, 5.41) is 0. The minimum Gasteiger partial charge on any atom is -0.472 e. The third-order valence-corrected chi connectivity index (χ3v) is 4.68. The molecule has 0 radical (unpaired) electrons. The number of aromatic nitrogens is 2. The molecule has 0 N–H and O–H groups in total. The fraction of sp³-hybridized carbons (Fsp3) is 0.450. The van der Waals surface area contributed by atoms with Crippen LogP contribution in [-0.2, 0) is 0 Å². The minimum atomic E-state index is -2.59. The normalized spacial score (nSPS) is 14.9. The highest BCUT2D eigenvalue weighted by molar-refractivity contribution is 6.05. The van der Waals surface area contributed by atoms with Crippen LogP contribution in [0, 0.1) is 5.92 Å². The van der Waals surface area contributed by atoms with E-state index in [-0.39, 0.29) is 11.8 Å². The van der Waals surface area contributed by atoms with Crippen LogP contribution in [0.4, 0.5) is 14.6 Å². The molecule has 144 valence electrons. The summed E-state index contributed by atoms with van der Waals surface area (Å²) in [5.74, 6) is 0.796.